The molecule has 0 aromatic rings. The molecule has 0 aliphatic carbocycles. The number of alkyl halides is 1. The molecule has 0 saturated heterocycles. The van der Waals surface area contributed by atoms with Crippen LogP contribution >= 0.6 is 11.6 Å². The first-order valence-corrected chi connectivity index (χ1v) is 2.36. The highest BCUT2D eigenvalue weighted by Gasteiger charge is 2.17. The van der Waals surface area contributed by atoms with Crippen molar-refractivity contribution in [3.05, 3.63) is 0 Å². The van der Waals surface area contributed by atoms with Gasteiger partial charge in [0.15, 0.2) is 11.2 Å². The summed E-state index contributed by atoms with van der Waals surface area (Å²) in [4.78, 5) is 19.9. The molecule has 0 heterocycles. The van der Waals surface area contributed by atoms with Crippen molar-refractivity contribution in [2.45, 2.75) is 12.3 Å². The number of rotatable bonds is 2. The maximum Gasteiger partial charge on any atom is 0.329 e. The number of hydrogen-bond donors (Lipinski definition) is 1. The molecule has 0 saturated carbocycles. The van der Waals surface area contributed by atoms with Crippen LogP contribution in [-0.2, 0) is 9.59 Å². The van der Waals surface area contributed by atoms with Crippen molar-refractivity contribution in [2.75, 3.05) is 0 Å². The SMILES string of the molecule is CC(=O)C(Cl)C(=O)O. The maximum atomic E-state index is 10.1. The quantitative estimate of drug-likeness (QED) is 0.438. The Morgan fingerprint density at radius 2 is 2.00 bits per heavy atom. The topological polar surface area (TPSA) is 54.4 Å². The van der Waals surface area contributed by atoms with Crippen molar-refractivity contribution in [2.24, 2.45) is 0 Å². The third-order valence-corrected chi connectivity index (χ3v) is 1.07. The Labute approximate surface area is 51.3 Å². The van der Waals surface area contributed by atoms with E-state index in [1.54, 1.807) is 0 Å². The van der Waals surface area contributed by atoms with Gasteiger partial charge in [-0.1, -0.05) is 0 Å². The Balaban J connectivity index is 3.83. The van der Waals surface area contributed by atoms with Gasteiger partial charge in [0, 0.05) is 0 Å². The first-order valence-electron chi connectivity index (χ1n) is 1.93. The van der Waals surface area contributed by atoms with Crippen molar-refractivity contribution in [1.82, 2.24) is 0 Å². The van der Waals surface area contributed by atoms with Crippen LogP contribution in [-0.4, -0.2) is 22.2 Å². The lowest BCUT2D eigenvalue weighted by Crippen LogP contribution is -2.20. The number of Topliss-reactive ketones (excluding diaryl/α,β-unsaturated/α-hetero) is 1. The normalized spacial score (nSPS) is 12.8. The standard InChI is InChI=1S/C4H5ClO3/c1-2(6)3(5)4(7)8/h3H,1H3,(H,7,8). The molecule has 0 radical (unpaired) electrons. The molecule has 0 rings (SSSR count). The molecule has 4 heteroatoms. The number of hydrogen-bond acceptors (Lipinski definition) is 2. The number of ketones is 1. The largest absolute Gasteiger partial charge is 0.480 e. The second kappa shape index (κ2) is 2.67. The smallest absolute Gasteiger partial charge is 0.329 e. The minimum atomic E-state index is -1.38. The van der Waals surface area contributed by atoms with E-state index in [4.69, 9.17) is 16.7 Å². The molecule has 0 aliphatic heterocycles. The van der Waals surface area contributed by atoms with Crippen LogP contribution in [0.25, 0.3) is 0 Å². The molecule has 3 nitrogen and oxygen atoms in total. The average molecular weight is 137 g/mol. The predicted molar refractivity (Wildman–Crippen MR) is 28.0 cm³/mol. The van der Waals surface area contributed by atoms with E-state index in [0.717, 1.165) is 6.92 Å². The zero-order valence-electron chi connectivity index (χ0n) is 4.22. The van der Waals surface area contributed by atoms with Gasteiger partial charge in [0.05, 0.1) is 0 Å². The summed E-state index contributed by atoms with van der Waals surface area (Å²) in [6, 6.07) is 0. The van der Waals surface area contributed by atoms with Gasteiger partial charge in [0.25, 0.3) is 0 Å². The minimum Gasteiger partial charge on any atom is -0.480 e. The van der Waals surface area contributed by atoms with E-state index in [0.29, 0.717) is 0 Å². The summed E-state index contributed by atoms with van der Waals surface area (Å²) in [6.45, 7) is 1.13. The van der Waals surface area contributed by atoms with E-state index in [9.17, 15) is 9.59 Å². The number of carboxylic acids is 1. The Kier molecular flexibility index (Phi) is 2.48. The molecule has 0 aromatic carbocycles. The molecule has 1 N–H and O–H groups in total. The summed E-state index contributed by atoms with van der Waals surface area (Å²) in [5.74, 6) is -1.83. The van der Waals surface area contributed by atoms with Crippen molar-refractivity contribution < 1.29 is 14.7 Å². The highest BCUT2D eigenvalue weighted by Crippen LogP contribution is 1.95. The number of aliphatic carboxylic acids is 1. The summed E-state index contributed by atoms with van der Waals surface area (Å²) in [5.41, 5.74) is 0. The van der Waals surface area contributed by atoms with Crippen molar-refractivity contribution in [3.8, 4) is 0 Å². The summed E-state index contributed by atoms with van der Waals surface area (Å²) in [7, 11) is 0. The third kappa shape index (κ3) is 1.93. The zero-order chi connectivity index (χ0) is 6.73. The Morgan fingerprint density at radius 1 is 1.62 bits per heavy atom. The fourth-order valence-corrected chi connectivity index (χ4v) is 0.174. The summed E-state index contributed by atoms with van der Waals surface area (Å²) >= 11 is 5.00. The monoisotopic (exact) mass is 136 g/mol. The van der Waals surface area contributed by atoms with E-state index in [1.807, 2.05) is 0 Å². The van der Waals surface area contributed by atoms with E-state index in [-0.39, 0.29) is 0 Å². The minimum absolute atomic E-state index is 0.542. The van der Waals surface area contributed by atoms with Crippen LogP contribution in [0.1, 0.15) is 6.92 Å². The molecular formula is C4H5ClO3. The Hall–Kier alpha value is -0.570. The van der Waals surface area contributed by atoms with Crippen LogP contribution in [0.3, 0.4) is 0 Å². The molecular weight excluding hydrogens is 131 g/mol. The molecule has 0 bridgehead atoms. The van der Waals surface area contributed by atoms with E-state index in [1.165, 1.54) is 0 Å². The lowest BCUT2D eigenvalue weighted by molar-refractivity contribution is -0.139. The number of carbonyl (C=O) groups excluding carboxylic acids is 1. The van der Waals surface area contributed by atoms with Gasteiger partial charge < -0.3 is 5.11 Å². The first kappa shape index (κ1) is 7.43. The molecule has 46 valence electrons. The van der Waals surface area contributed by atoms with Gasteiger partial charge in [0.1, 0.15) is 0 Å². The second-order valence-electron chi connectivity index (χ2n) is 1.31. The van der Waals surface area contributed by atoms with Gasteiger partial charge in [-0.3, -0.25) is 9.59 Å². The fraction of sp³-hybridized carbons (Fsp3) is 0.500. The van der Waals surface area contributed by atoms with Crippen molar-refractivity contribution >= 4 is 23.4 Å². The summed E-state index contributed by atoms with van der Waals surface area (Å²) < 4.78 is 0. The molecule has 0 spiro atoms. The van der Waals surface area contributed by atoms with Crippen LogP contribution in [0.2, 0.25) is 0 Å². The molecule has 0 aromatic heterocycles. The van der Waals surface area contributed by atoms with E-state index in [2.05, 4.69) is 0 Å². The van der Waals surface area contributed by atoms with Crippen molar-refractivity contribution in [1.29, 1.82) is 0 Å². The van der Waals surface area contributed by atoms with E-state index >= 15 is 0 Å². The molecule has 0 aliphatic rings. The molecule has 0 fully saturated rings. The van der Waals surface area contributed by atoms with Crippen LogP contribution in [0.15, 0.2) is 0 Å². The fourth-order valence-electron chi connectivity index (χ4n) is 0.174. The van der Waals surface area contributed by atoms with Gasteiger partial charge in [-0.2, -0.15) is 0 Å². The lowest BCUT2D eigenvalue weighted by atomic mass is 10.3. The number of halogens is 1. The zero-order valence-corrected chi connectivity index (χ0v) is 4.97. The molecule has 0 amide bonds. The Morgan fingerprint density at radius 3 is 2.00 bits per heavy atom. The maximum absolute atomic E-state index is 10.1. The van der Waals surface area contributed by atoms with Crippen LogP contribution in [0.5, 0.6) is 0 Å². The van der Waals surface area contributed by atoms with Gasteiger partial charge in [-0.25, -0.2) is 0 Å². The first-order chi connectivity index (χ1) is 3.55. The molecule has 1 unspecified atom stereocenters. The molecule has 8 heavy (non-hydrogen) atoms. The predicted octanol–water partition coefficient (Wildman–Crippen LogP) is 0.267. The third-order valence-electron chi connectivity index (χ3n) is 0.574. The Bertz CT molecular complexity index is 106. The second-order valence-corrected chi connectivity index (χ2v) is 1.75. The van der Waals surface area contributed by atoms with Gasteiger partial charge >= 0.3 is 5.97 Å². The van der Waals surface area contributed by atoms with Gasteiger partial charge in [-0.15, -0.1) is 11.6 Å². The summed E-state index contributed by atoms with van der Waals surface area (Å²) in [6.07, 6.45) is 0. The molecule has 1 atom stereocenters. The highest BCUT2D eigenvalue weighted by atomic mass is 35.5. The van der Waals surface area contributed by atoms with Crippen LogP contribution in [0, 0.1) is 0 Å². The van der Waals surface area contributed by atoms with Gasteiger partial charge in [0.2, 0.25) is 0 Å². The van der Waals surface area contributed by atoms with E-state index < -0.39 is 17.1 Å². The van der Waals surface area contributed by atoms with Crippen molar-refractivity contribution in [3.63, 3.8) is 0 Å². The van der Waals surface area contributed by atoms with Crippen LogP contribution in [0.4, 0.5) is 0 Å². The number of carboxylic acid groups (broad SMARTS) is 1. The van der Waals surface area contributed by atoms with Gasteiger partial charge in [-0.05, 0) is 6.92 Å². The average Bonchev–Trinajstić information content (AvgIpc) is 1.64. The lowest BCUT2D eigenvalue weighted by Gasteiger charge is -1.93. The summed E-state index contributed by atoms with van der Waals surface area (Å²) in [5, 5.41) is 6.62. The highest BCUT2D eigenvalue weighted by molar-refractivity contribution is 6.40. The number of carbonyl (C=O) groups is 2. The van der Waals surface area contributed by atoms with Crippen LogP contribution < -0.4 is 0 Å².